The lowest BCUT2D eigenvalue weighted by Crippen LogP contribution is -2.51. The number of benzene rings is 2. The molecule has 2 aliphatic rings. The molecule has 0 radical (unpaired) electrons. The number of ether oxygens (including phenoxy) is 3. The molecule has 0 N–H and O–H groups in total. The van der Waals surface area contributed by atoms with Crippen LogP contribution >= 0.6 is 0 Å². The number of piperidine rings is 1. The van der Waals surface area contributed by atoms with Crippen molar-refractivity contribution in [2.75, 3.05) is 27.3 Å². The second kappa shape index (κ2) is 7.29. The van der Waals surface area contributed by atoms with Crippen LogP contribution in [-0.2, 0) is 16.4 Å². The number of hydrogen-bond acceptors (Lipinski definition) is 5. The maximum absolute atomic E-state index is 13.3. The average molecular weight is 404 g/mol. The van der Waals surface area contributed by atoms with Gasteiger partial charge < -0.3 is 14.2 Å². The van der Waals surface area contributed by atoms with Gasteiger partial charge in [-0.25, -0.2) is 8.42 Å². The first-order valence-corrected chi connectivity index (χ1v) is 10.9. The van der Waals surface area contributed by atoms with Gasteiger partial charge in [0.25, 0.3) is 0 Å². The van der Waals surface area contributed by atoms with Crippen LogP contribution < -0.4 is 14.2 Å². The van der Waals surface area contributed by atoms with Gasteiger partial charge in [-0.15, -0.1) is 0 Å². The van der Waals surface area contributed by atoms with E-state index in [1.54, 1.807) is 12.1 Å². The molecule has 2 aromatic rings. The van der Waals surface area contributed by atoms with Crippen molar-refractivity contribution in [1.82, 2.24) is 4.31 Å². The van der Waals surface area contributed by atoms with Crippen LogP contribution in [0, 0.1) is 0 Å². The van der Waals surface area contributed by atoms with Gasteiger partial charge in [0.2, 0.25) is 10.0 Å². The molecule has 1 fully saturated rings. The normalized spacial score (nSPS) is 18.9. The summed E-state index contributed by atoms with van der Waals surface area (Å²) in [5.74, 6) is 1.74. The van der Waals surface area contributed by atoms with E-state index in [2.05, 4.69) is 6.07 Å². The fourth-order valence-corrected chi connectivity index (χ4v) is 5.68. The number of fused-ring (bicyclic) bond motifs is 1. The summed E-state index contributed by atoms with van der Waals surface area (Å²) in [7, 11) is -0.694. The number of hydrogen-bond donors (Lipinski definition) is 0. The minimum atomic E-state index is -3.68. The zero-order valence-corrected chi connectivity index (χ0v) is 17.0. The Labute approximate surface area is 166 Å². The summed E-state index contributed by atoms with van der Waals surface area (Å²) < 4.78 is 44.9. The highest BCUT2D eigenvalue weighted by molar-refractivity contribution is 7.89. The number of aryl methyl sites for hydroxylation is 1. The molecule has 0 aliphatic carbocycles. The van der Waals surface area contributed by atoms with E-state index in [4.69, 9.17) is 14.2 Å². The SMILES string of the molecule is COc1ccc(OC)c(S(=O)(=O)N2CCC3(CCc4ccccc4O3)CC2)c1. The number of para-hydroxylation sites is 1. The Hall–Kier alpha value is -2.25. The molecule has 2 heterocycles. The highest BCUT2D eigenvalue weighted by Gasteiger charge is 2.42. The summed E-state index contributed by atoms with van der Waals surface area (Å²) in [6, 6.07) is 12.9. The lowest BCUT2D eigenvalue weighted by molar-refractivity contribution is 0.00179. The van der Waals surface area contributed by atoms with Gasteiger partial charge >= 0.3 is 0 Å². The standard InChI is InChI=1S/C21H25NO5S/c1-25-17-7-8-19(26-2)20(15-17)28(23,24)22-13-11-21(12-14-22)10-9-16-5-3-4-6-18(16)27-21/h3-8,15H,9-14H2,1-2H3. The number of nitrogens with zero attached hydrogens (tertiary/aromatic N) is 1. The van der Waals surface area contributed by atoms with Crippen LogP contribution in [-0.4, -0.2) is 45.6 Å². The second-order valence-electron chi connectivity index (χ2n) is 7.31. The Bertz CT molecular complexity index is 965. The molecule has 0 atom stereocenters. The molecule has 0 bridgehead atoms. The fraction of sp³-hybridized carbons (Fsp3) is 0.429. The van der Waals surface area contributed by atoms with E-state index in [0.717, 1.165) is 18.6 Å². The van der Waals surface area contributed by atoms with E-state index >= 15 is 0 Å². The minimum Gasteiger partial charge on any atom is -0.497 e. The Kier molecular flexibility index (Phi) is 4.97. The molecule has 0 unspecified atom stereocenters. The third-order valence-corrected chi connectivity index (χ3v) is 7.69. The van der Waals surface area contributed by atoms with Crippen LogP contribution in [0.5, 0.6) is 17.2 Å². The molecule has 7 heteroatoms. The summed E-state index contributed by atoms with van der Waals surface area (Å²) in [6.07, 6.45) is 3.23. The van der Waals surface area contributed by atoms with Crippen molar-refractivity contribution in [2.24, 2.45) is 0 Å². The van der Waals surface area contributed by atoms with Crippen LogP contribution in [0.25, 0.3) is 0 Å². The topological polar surface area (TPSA) is 65.1 Å². The van der Waals surface area contributed by atoms with Crippen LogP contribution in [0.1, 0.15) is 24.8 Å². The van der Waals surface area contributed by atoms with E-state index in [0.29, 0.717) is 37.4 Å². The molecule has 2 aromatic carbocycles. The first-order chi connectivity index (χ1) is 13.5. The van der Waals surface area contributed by atoms with E-state index < -0.39 is 10.0 Å². The van der Waals surface area contributed by atoms with E-state index in [1.807, 2.05) is 18.2 Å². The zero-order valence-electron chi connectivity index (χ0n) is 16.2. The van der Waals surface area contributed by atoms with Gasteiger partial charge in [0.05, 0.1) is 14.2 Å². The number of methoxy groups -OCH3 is 2. The van der Waals surface area contributed by atoms with Crippen LogP contribution in [0.2, 0.25) is 0 Å². The van der Waals surface area contributed by atoms with Crippen LogP contribution in [0.3, 0.4) is 0 Å². The molecule has 4 rings (SSSR count). The Morgan fingerprint density at radius 2 is 1.75 bits per heavy atom. The predicted octanol–water partition coefficient (Wildman–Crippen LogP) is 3.25. The summed E-state index contributed by atoms with van der Waals surface area (Å²) in [5.41, 5.74) is 0.947. The Morgan fingerprint density at radius 1 is 1.00 bits per heavy atom. The van der Waals surface area contributed by atoms with Gasteiger partial charge in [0.1, 0.15) is 27.7 Å². The predicted molar refractivity (Wildman–Crippen MR) is 106 cm³/mol. The molecule has 0 amide bonds. The van der Waals surface area contributed by atoms with E-state index in [1.165, 1.54) is 30.2 Å². The molecular weight excluding hydrogens is 378 g/mol. The van der Waals surface area contributed by atoms with Gasteiger partial charge in [-0.2, -0.15) is 4.31 Å². The quantitative estimate of drug-likeness (QED) is 0.784. The van der Waals surface area contributed by atoms with Crippen molar-refractivity contribution in [3.05, 3.63) is 48.0 Å². The third kappa shape index (κ3) is 3.33. The first kappa shape index (κ1) is 19.1. The molecule has 6 nitrogen and oxygen atoms in total. The molecule has 0 aromatic heterocycles. The zero-order chi connectivity index (χ0) is 19.8. The summed E-state index contributed by atoms with van der Waals surface area (Å²) in [4.78, 5) is 0.139. The number of rotatable bonds is 4. The van der Waals surface area contributed by atoms with E-state index in [-0.39, 0.29) is 10.5 Å². The Morgan fingerprint density at radius 3 is 2.46 bits per heavy atom. The van der Waals surface area contributed by atoms with Crippen LogP contribution in [0.4, 0.5) is 0 Å². The molecule has 1 saturated heterocycles. The van der Waals surface area contributed by atoms with Gasteiger partial charge in [-0.3, -0.25) is 0 Å². The van der Waals surface area contributed by atoms with Crippen LogP contribution in [0.15, 0.2) is 47.4 Å². The summed E-state index contributed by atoms with van der Waals surface area (Å²) in [6.45, 7) is 0.843. The maximum atomic E-state index is 13.3. The Balaban J connectivity index is 1.54. The lowest BCUT2D eigenvalue weighted by Gasteiger charge is -2.44. The fourth-order valence-electron chi connectivity index (χ4n) is 4.07. The van der Waals surface area contributed by atoms with Gasteiger partial charge in [-0.1, -0.05) is 18.2 Å². The molecule has 28 heavy (non-hydrogen) atoms. The average Bonchev–Trinajstić information content (AvgIpc) is 2.73. The van der Waals surface area contributed by atoms with Gasteiger partial charge in [0, 0.05) is 32.0 Å². The molecule has 150 valence electrons. The van der Waals surface area contributed by atoms with Crippen molar-refractivity contribution >= 4 is 10.0 Å². The smallest absolute Gasteiger partial charge is 0.246 e. The van der Waals surface area contributed by atoms with Crippen molar-refractivity contribution in [2.45, 2.75) is 36.2 Å². The largest absolute Gasteiger partial charge is 0.497 e. The van der Waals surface area contributed by atoms with Gasteiger partial charge in [-0.05, 0) is 36.6 Å². The van der Waals surface area contributed by atoms with Crippen molar-refractivity contribution < 1.29 is 22.6 Å². The lowest BCUT2D eigenvalue weighted by atomic mass is 9.84. The van der Waals surface area contributed by atoms with E-state index in [9.17, 15) is 8.42 Å². The van der Waals surface area contributed by atoms with Crippen molar-refractivity contribution in [3.63, 3.8) is 0 Å². The molecule has 2 aliphatic heterocycles. The van der Waals surface area contributed by atoms with Crippen molar-refractivity contribution in [1.29, 1.82) is 0 Å². The molecular formula is C21H25NO5S. The first-order valence-electron chi connectivity index (χ1n) is 9.47. The second-order valence-corrected chi connectivity index (χ2v) is 9.22. The highest BCUT2D eigenvalue weighted by atomic mass is 32.2. The van der Waals surface area contributed by atoms with Gasteiger partial charge in [0.15, 0.2) is 0 Å². The minimum absolute atomic E-state index is 0.139. The highest BCUT2D eigenvalue weighted by Crippen LogP contribution is 2.41. The van der Waals surface area contributed by atoms with Crippen molar-refractivity contribution in [3.8, 4) is 17.2 Å². The summed E-state index contributed by atoms with van der Waals surface area (Å²) in [5, 5.41) is 0. The summed E-state index contributed by atoms with van der Waals surface area (Å²) >= 11 is 0. The maximum Gasteiger partial charge on any atom is 0.246 e. The molecule has 1 spiro atoms. The monoisotopic (exact) mass is 403 g/mol. The number of sulfonamides is 1. The third-order valence-electron chi connectivity index (χ3n) is 5.77. The molecule has 0 saturated carbocycles.